The highest BCUT2D eigenvalue weighted by Crippen LogP contribution is 2.25. The highest BCUT2D eigenvalue weighted by molar-refractivity contribution is 9.10. The first kappa shape index (κ1) is 47.2. The lowest BCUT2D eigenvalue weighted by Gasteiger charge is -2.34. The minimum atomic E-state index is -2.52. The fourth-order valence-electron chi connectivity index (χ4n) is 9.28. The van der Waals surface area contributed by atoms with Crippen LogP contribution in [0.4, 0.5) is 11.4 Å². The van der Waals surface area contributed by atoms with E-state index < -0.39 is 23.3 Å². The maximum absolute atomic E-state index is 8.68. The van der Waals surface area contributed by atoms with Crippen LogP contribution in [-0.4, -0.2) is 33.3 Å². The van der Waals surface area contributed by atoms with E-state index >= 15 is 0 Å². The summed E-state index contributed by atoms with van der Waals surface area (Å²) >= 11 is 3.69. The Labute approximate surface area is 411 Å². The number of halogens is 1. The standard InChI is InChI=1S/C30H25NSi.C24H19BrSi.C6H8BNO2/c31-30-22-11-10-21-29(30)24-13-12-20-28(23-24)32(25-14-4-1-5-15-25,26-16-6-2-7-17-26)27-18-8-3-9-19-27;25-20-11-10-18-24(19-20)26(21-12-4-1-5-13-21,22-14-6-2-7-15-22)23-16-8-3-9-17-23;8-6-4-2-1-3-5(6)7(9)10/h1-23H,31H2;1-19H;1-4,9-10H,8H2. The van der Waals surface area contributed by atoms with Gasteiger partial charge in [-0.25, -0.2) is 0 Å². The van der Waals surface area contributed by atoms with Crippen molar-refractivity contribution in [2.45, 2.75) is 0 Å². The highest BCUT2D eigenvalue weighted by atomic mass is 79.9. The summed E-state index contributed by atoms with van der Waals surface area (Å²) < 4.78 is 1.12. The van der Waals surface area contributed by atoms with Crippen LogP contribution in [0.15, 0.2) is 284 Å². The zero-order valence-electron chi connectivity index (χ0n) is 37.6. The molecule has 0 spiro atoms. The molecule has 0 atom stereocenters. The van der Waals surface area contributed by atoms with Gasteiger partial charge in [-0.3, -0.25) is 0 Å². The van der Waals surface area contributed by atoms with Gasteiger partial charge in [0.25, 0.3) is 0 Å². The van der Waals surface area contributed by atoms with Crippen LogP contribution in [0, 0.1) is 0 Å². The summed E-state index contributed by atoms with van der Waals surface area (Å²) in [5, 5.41) is 28.4. The minimum absolute atomic E-state index is 0.350. The van der Waals surface area contributed by atoms with Crippen molar-refractivity contribution in [3.63, 3.8) is 0 Å². The smallest absolute Gasteiger partial charge is 0.423 e. The number of hydrogen-bond acceptors (Lipinski definition) is 4. The Balaban J connectivity index is 0.000000155. The molecule has 0 radical (unpaired) electrons. The molecule has 4 nitrogen and oxygen atoms in total. The van der Waals surface area contributed by atoms with Gasteiger partial charge in [0.05, 0.1) is 0 Å². The van der Waals surface area contributed by atoms with Gasteiger partial charge in [0.2, 0.25) is 0 Å². The molecule has 0 saturated carbocycles. The number of nitrogens with two attached hydrogens (primary N) is 2. The van der Waals surface area contributed by atoms with E-state index in [2.05, 4.69) is 259 Å². The molecular weight excluding hydrogens is 928 g/mol. The molecule has 6 N–H and O–H groups in total. The van der Waals surface area contributed by atoms with Crippen molar-refractivity contribution >= 4 is 97.5 Å². The van der Waals surface area contributed by atoms with Crippen molar-refractivity contribution in [3.8, 4) is 11.1 Å². The maximum Gasteiger partial charge on any atom is 0.490 e. The van der Waals surface area contributed by atoms with Crippen molar-refractivity contribution in [1.82, 2.24) is 0 Å². The fourth-order valence-corrected chi connectivity index (χ4v) is 19.5. The van der Waals surface area contributed by atoms with Gasteiger partial charge < -0.3 is 21.5 Å². The quantitative estimate of drug-likeness (QED) is 0.0670. The Hall–Kier alpha value is -7.30. The molecule has 10 aromatic carbocycles. The van der Waals surface area contributed by atoms with Crippen LogP contribution in [0.25, 0.3) is 11.1 Å². The molecule has 0 unspecified atom stereocenters. The maximum atomic E-state index is 8.68. The molecule has 8 heteroatoms. The second-order valence-corrected chi connectivity index (χ2v) is 24.9. The highest BCUT2D eigenvalue weighted by Gasteiger charge is 2.42. The van der Waals surface area contributed by atoms with Gasteiger partial charge in [0.15, 0.2) is 16.1 Å². The molecule has 0 bridgehead atoms. The molecule has 10 aromatic rings. The van der Waals surface area contributed by atoms with Crippen LogP contribution in [0.5, 0.6) is 0 Å². The third-order valence-corrected chi connectivity index (χ3v) is 22.4. The van der Waals surface area contributed by atoms with E-state index in [9.17, 15) is 0 Å². The third kappa shape index (κ3) is 10.2. The molecule has 68 heavy (non-hydrogen) atoms. The monoisotopic (exact) mass is 978 g/mol. The fraction of sp³-hybridized carbons (Fsp3) is 0. The average Bonchev–Trinajstić information content (AvgIpc) is 3.40. The zero-order chi connectivity index (χ0) is 47.2. The Morgan fingerprint density at radius 3 is 0.956 bits per heavy atom. The van der Waals surface area contributed by atoms with E-state index in [-0.39, 0.29) is 0 Å². The number of nitrogen functional groups attached to an aromatic ring is 2. The van der Waals surface area contributed by atoms with Crippen molar-refractivity contribution < 1.29 is 10.0 Å². The number of rotatable bonds is 10. The second-order valence-electron chi connectivity index (χ2n) is 16.4. The number of anilines is 2. The summed E-state index contributed by atoms with van der Waals surface area (Å²) in [6.45, 7) is 0. The van der Waals surface area contributed by atoms with Crippen LogP contribution in [0.2, 0.25) is 0 Å². The van der Waals surface area contributed by atoms with E-state index in [0.717, 1.165) is 21.3 Å². The molecule has 0 amide bonds. The van der Waals surface area contributed by atoms with E-state index in [4.69, 9.17) is 21.5 Å². The first-order chi connectivity index (χ1) is 33.3. The lowest BCUT2D eigenvalue weighted by molar-refractivity contribution is 0.426. The lowest BCUT2D eigenvalue weighted by Crippen LogP contribution is -2.74. The zero-order valence-corrected chi connectivity index (χ0v) is 41.1. The summed E-state index contributed by atoms with van der Waals surface area (Å²) in [4.78, 5) is 0. The molecule has 332 valence electrons. The Morgan fingerprint density at radius 2 is 0.618 bits per heavy atom. The molecule has 0 aromatic heterocycles. The summed E-state index contributed by atoms with van der Waals surface area (Å²) in [6, 6.07) is 98.4. The number of para-hydroxylation sites is 2. The van der Waals surface area contributed by atoms with E-state index in [1.165, 1.54) is 41.5 Å². The Morgan fingerprint density at radius 1 is 0.309 bits per heavy atom. The SMILES string of the molecule is Brc1cccc([Si](c2ccccc2)(c2ccccc2)c2ccccc2)c1.Nc1ccccc1-c1cccc([Si](c2ccccc2)(c2ccccc2)c2ccccc2)c1.Nc1ccccc1B(O)O. The van der Waals surface area contributed by atoms with Crippen LogP contribution < -0.4 is 58.4 Å². The normalized spacial score (nSPS) is 11.0. The van der Waals surface area contributed by atoms with Crippen LogP contribution in [-0.2, 0) is 0 Å². The number of hydrogen-bond donors (Lipinski definition) is 4. The first-order valence-corrected chi connectivity index (χ1v) is 27.4. The molecule has 0 aliphatic rings. The first-order valence-electron chi connectivity index (χ1n) is 22.6. The van der Waals surface area contributed by atoms with Gasteiger partial charge in [-0.15, -0.1) is 0 Å². The minimum Gasteiger partial charge on any atom is -0.423 e. The summed E-state index contributed by atoms with van der Waals surface area (Å²) in [6.07, 6.45) is 0. The Bertz CT molecular complexity index is 2940. The van der Waals surface area contributed by atoms with Crippen LogP contribution in [0.1, 0.15) is 0 Å². The summed E-state index contributed by atoms with van der Waals surface area (Å²) in [5.74, 6) is 0. The molecule has 0 fully saturated rings. The second kappa shape index (κ2) is 22.5. The molecule has 0 aliphatic heterocycles. The average molecular weight is 980 g/mol. The van der Waals surface area contributed by atoms with E-state index in [0.29, 0.717) is 11.2 Å². The molecule has 10 rings (SSSR count). The van der Waals surface area contributed by atoms with Crippen molar-refractivity contribution in [2.24, 2.45) is 0 Å². The van der Waals surface area contributed by atoms with Crippen molar-refractivity contribution in [2.75, 3.05) is 11.5 Å². The van der Waals surface area contributed by atoms with Crippen LogP contribution >= 0.6 is 15.9 Å². The molecule has 0 saturated heterocycles. The van der Waals surface area contributed by atoms with E-state index in [1.54, 1.807) is 24.3 Å². The van der Waals surface area contributed by atoms with Crippen molar-refractivity contribution in [1.29, 1.82) is 0 Å². The van der Waals surface area contributed by atoms with Gasteiger partial charge in [0, 0.05) is 26.9 Å². The van der Waals surface area contributed by atoms with Gasteiger partial charge in [-0.1, -0.05) is 271 Å². The largest absolute Gasteiger partial charge is 0.490 e. The Kier molecular flexibility index (Phi) is 15.6. The predicted molar refractivity (Wildman–Crippen MR) is 298 cm³/mol. The van der Waals surface area contributed by atoms with Gasteiger partial charge >= 0.3 is 7.12 Å². The molecular formula is C60H52BBrN2O2Si2. The van der Waals surface area contributed by atoms with E-state index in [1.807, 2.05) is 12.1 Å². The molecule has 0 heterocycles. The van der Waals surface area contributed by atoms with Gasteiger partial charge in [-0.05, 0) is 71.3 Å². The van der Waals surface area contributed by atoms with Gasteiger partial charge in [0.1, 0.15) is 0 Å². The topological polar surface area (TPSA) is 92.5 Å². The third-order valence-electron chi connectivity index (χ3n) is 12.3. The number of benzene rings is 10. The van der Waals surface area contributed by atoms with Gasteiger partial charge in [-0.2, -0.15) is 0 Å². The molecule has 0 aliphatic carbocycles. The van der Waals surface area contributed by atoms with Crippen molar-refractivity contribution in [3.05, 3.63) is 284 Å². The summed E-state index contributed by atoms with van der Waals surface area (Å²) in [7, 11) is -6.35. The summed E-state index contributed by atoms with van der Waals surface area (Å²) in [5.41, 5.74) is 15.5. The van der Waals surface area contributed by atoms with Crippen LogP contribution in [0.3, 0.4) is 0 Å². The lowest BCUT2D eigenvalue weighted by atomic mass is 9.79. The predicted octanol–water partition coefficient (Wildman–Crippen LogP) is 7.09.